The van der Waals surface area contributed by atoms with Crippen molar-refractivity contribution >= 4 is 12.1 Å². The second kappa shape index (κ2) is 11.8. The van der Waals surface area contributed by atoms with Gasteiger partial charge < -0.3 is 30.5 Å². The fourth-order valence-corrected chi connectivity index (χ4v) is 5.50. The van der Waals surface area contributed by atoms with E-state index < -0.39 is 17.4 Å². The quantitative estimate of drug-likeness (QED) is 0.476. The number of halogens is 3. The van der Waals surface area contributed by atoms with E-state index >= 15 is 0 Å². The average molecular weight is 563 g/mol. The summed E-state index contributed by atoms with van der Waals surface area (Å²) >= 11 is 0. The number of aliphatic imine (C=N–C) groups is 1. The number of hydrogen-bond acceptors (Lipinski definition) is 7. The molecule has 3 aliphatic rings. The number of nitrogens with zero attached hydrogens (tertiary/aromatic N) is 4. The molecular formula is C29H41F3N6O2. The van der Waals surface area contributed by atoms with Crippen LogP contribution in [0.5, 0.6) is 0 Å². The number of rotatable bonds is 9. The van der Waals surface area contributed by atoms with Gasteiger partial charge in [0, 0.05) is 56.2 Å². The first-order valence-electron chi connectivity index (χ1n) is 13.9. The van der Waals surface area contributed by atoms with E-state index in [-0.39, 0.29) is 36.3 Å². The molecule has 3 aliphatic heterocycles. The Morgan fingerprint density at radius 3 is 2.55 bits per heavy atom. The minimum Gasteiger partial charge on any atom is -0.378 e. The van der Waals surface area contributed by atoms with Crippen LogP contribution in [0.15, 0.2) is 46.6 Å². The number of benzene rings is 1. The fraction of sp³-hybridized carbons (Fsp3) is 0.586. The van der Waals surface area contributed by atoms with Crippen molar-refractivity contribution in [2.45, 2.75) is 65.3 Å². The molecule has 220 valence electrons. The first-order valence-corrected chi connectivity index (χ1v) is 13.9. The first-order chi connectivity index (χ1) is 18.8. The molecule has 1 amide bonds. The summed E-state index contributed by atoms with van der Waals surface area (Å²) in [7, 11) is 0. The summed E-state index contributed by atoms with van der Waals surface area (Å²) in [5.41, 5.74) is 6.80. The van der Waals surface area contributed by atoms with E-state index in [2.05, 4.69) is 10.2 Å². The second-order valence-corrected chi connectivity index (χ2v) is 11.5. The van der Waals surface area contributed by atoms with Crippen molar-refractivity contribution < 1.29 is 22.7 Å². The van der Waals surface area contributed by atoms with Crippen LogP contribution in [0.3, 0.4) is 0 Å². The highest BCUT2D eigenvalue weighted by Gasteiger charge is 2.43. The monoisotopic (exact) mass is 562 g/mol. The lowest BCUT2D eigenvalue weighted by Gasteiger charge is -2.39. The largest absolute Gasteiger partial charge is 0.416 e. The third kappa shape index (κ3) is 6.63. The Labute approximate surface area is 234 Å². The van der Waals surface area contributed by atoms with Gasteiger partial charge in [0.15, 0.2) is 0 Å². The Hall–Kier alpha value is -3.05. The predicted octanol–water partition coefficient (Wildman–Crippen LogP) is 3.83. The van der Waals surface area contributed by atoms with Gasteiger partial charge >= 0.3 is 6.18 Å². The molecule has 1 aromatic rings. The third-order valence-corrected chi connectivity index (χ3v) is 7.46. The average Bonchev–Trinajstić information content (AvgIpc) is 3.14. The van der Waals surface area contributed by atoms with Crippen molar-refractivity contribution in [2.24, 2.45) is 16.6 Å². The number of nitrogens with one attached hydrogen (secondary N) is 1. The molecule has 0 aromatic heterocycles. The molecule has 0 spiro atoms. The molecule has 0 radical (unpaired) electrons. The molecule has 3 N–H and O–H groups in total. The van der Waals surface area contributed by atoms with Crippen molar-refractivity contribution in [3.05, 3.63) is 58.3 Å². The molecule has 0 bridgehead atoms. The van der Waals surface area contributed by atoms with E-state index in [0.717, 1.165) is 17.6 Å². The summed E-state index contributed by atoms with van der Waals surface area (Å²) in [6.45, 7) is 13.0. The molecule has 40 heavy (non-hydrogen) atoms. The molecule has 3 heterocycles. The Balaban J connectivity index is 1.73. The zero-order valence-corrected chi connectivity index (χ0v) is 24.0. The van der Waals surface area contributed by atoms with Gasteiger partial charge in [0.25, 0.3) is 0 Å². The van der Waals surface area contributed by atoms with Crippen LogP contribution in [-0.2, 0) is 22.1 Å². The summed E-state index contributed by atoms with van der Waals surface area (Å²) in [4.78, 5) is 24.2. The molecule has 0 saturated carbocycles. The number of fused-ring (bicyclic) bond motifs is 1. The minimum atomic E-state index is -4.45. The first kappa shape index (κ1) is 29.9. The molecule has 1 fully saturated rings. The van der Waals surface area contributed by atoms with Gasteiger partial charge in [0.05, 0.1) is 31.4 Å². The van der Waals surface area contributed by atoms with Gasteiger partial charge in [-0.05, 0) is 43.9 Å². The highest BCUT2D eigenvalue weighted by Crippen LogP contribution is 2.38. The van der Waals surface area contributed by atoms with Gasteiger partial charge in [-0.1, -0.05) is 26.0 Å². The van der Waals surface area contributed by atoms with E-state index in [0.29, 0.717) is 50.7 Å². The van der Waals surface area contributed by atoms with Crippen LogP contribution in [0, 0.1) is 12.8 Å². The Bertz CT molecular complexity index is 1180. The number of morpholine rings is 1. The molecule has 1 saturated heterocycles. The molecule has 8 nitrogen and oxygen atoms in total. The van der Waals surface area contributed by atoms with Crippen molar-refractivity contribution in [3.8, 4) is 0 Å². The third-order valence-electron chi connectivity index (χ3n) is 7.46. The number of allylic oxidation sites excluding steroid dienone is 1. The number of carbonyl (C=O) groups excluding carboxylic acids is 1. The van der Waals surface area contributed by atoms with Gasteiger partial charge in [-0.3, -0.25) is 4.79 Å². The normalized spacial score (nSPS) is 21.9. The second-order valence-electron chi connectivity index (χ2n) is 11.5. The smallest absolute Gasteiger partial charge is 0.378 e. The van der Waals surface area contributed by atoms with E-state index in [1.54, 1.807) is 11.0 Å². The molecular weight excluding hydrogens is 521 g/mol. The molecule has 11 heteroatoms. The molecule has 4 rings (SSSR count). The summed E-state index contributed by atoms with van der Waals surface area (Å²) in [6, 6.07) is 4.09. The van der Waals surface area contributed by atoms with Gasteiger partial charge in [-0.15, -0.1) is 0 Å². The highest BCUT2D eigenvalue weighted by molar-refractivity contribution is 5.81. The maximum atomic E-state index is 13.7. The van der Waals surface area contributed by atoms with E-state index in [9.17, 15) is 18.0 Å². The van der Waals surface area contributed by atoms with Crippen LogP contribution in [0.1, 0.15) is 50.8 Å². The van der Waals surface area contributed by atoms with Crippen LogP contribution >= 0.6 is 0 Å². The lowest BCUT2D eigenvalue weighted by molar-refractivity contribution is -0.138. The van der Waals surface area contributed by atoms with Crippen LogP contribution in [-0.4, -0.2) is 77.9 Å². The summed E-state index contributed by atoms with van der Waals surface area (Å²) in [5, 5.41) is 3.49. The van der Waals surface area contributed by atoms with Crippen molar-refractivity contribution in [3.63, 3.8) is 0 Å². The van der Waals surface area contributed by atoms with Crippen molar-refractivity contribution in [2.75, 3.05) is 39.4 Å². The van der Waals surface area contributed by atoms with Crippen molar-refractivity contribution in [1.29, 1.82) is 0 Å². The number of hydrogen-bond donors (Lipinski definition) is 2. The Morgan fingerprint density at radius 1 is 1.23 bits per heavy atom. The molecule has 2 atom stereocenters. The SMILES string of the molecule is Cc1c(CC2=C(CC(=O)N(CC(C)C)C[C@@H](C)N)NC3(C)C=NC(N4CCOCC4)=CN23)cccc1C(F)(F)F. The lowest BCUT2D eigenvalue weighted by Crippen LogP contribution is -2.52. The fourth-order valence-electron chi connectivity index (χ4n) is 5.50. The predicted molar refractivity (Wildman–Crippen MR) is 149 cm³/mol. The maximum Gasteiger partial charge on any atom is 0.416 e. The van der Waals surface area contributed by atoms with E-state index in [1.807, 2.05) is 45.0 Å². The Morgan fingerprint density at radius 2 is 1.93 bits per heavy atom. The van der Waals surface area contributed by atoms with Gasteiger partial charge in [-0.2, -0.15) is 13.2 Å². The maximum absolute atomic E-state index is 13.7. The summed E-state index contributed by atoms with van der Waals surface area (Å²) in [6.07, 6.45) is -0.413. The molecule has 0 aliphatic carbocycles. The van der Waals surface area contributed by atoms with Crippen LogP contribution < -0.4 is 11.1 Å². The Kier molecular flexibility index (Phi) is 8.84. The van der Waals surface area contributed by atoms with Crippen LogP contribution in [0.4, 0.5) is 13.2 Å². The van der Waals surface area contributed by atoms with Crippen LogP contribution in [0.2, 0.25) is 0 Å². The zero-order chi connectivity index (χ0) is 29.2. The lowest BCUT2D eigenvalue weighted by atomic mass is 9.97. The number of carbonyl (C=O) groups is 1. The number of nitrogens with two attached hydrogens (primary N) is 1. The zero-order valence-electron chi connectivity index (χ0n) is 24.0. The summed E-state index contributed by atoms with van der Waals surface area (Å²) < 4.78 is 46.7. The topological polar surface area (TPSA) is 86.4 Å². The van der Waals surface area contributed by atoms with E-state index in [1.165, 1.54) is 13.0 Å². The number of amides is 1. The van der Waals surface area contributed by atoms with E-state index in [4.69, 9.17) is 15.5 Å². The number of ether oxygens (including phenoxy) is 1. The number of alkyl halides is 3. The van der Waals surface area contributed by atoms with Gasteiger partial charge in [0.1, 0.15) is 11.5 Å². The summed E-state index contributed by atoms with van der Waals surface area (Å²) in [5.74, 6) is 0.937. The highest BCUT2D eigenvalue weighted by atomic mass is 19.4. The van der Waals surface area contributed by atoms with Gasteiger partial charge in [-0.25, -0.2) is 4.99 Å². The molecule has 1 aromatic carbocycles. The van der Waals surface area contributed by atoms with Crippen molar-refractivity contribution in [1.82, 2.24) is 20.0 Å². The standard InChI is InChI=1S/C29H41F3N6O2/c1-19(2)15-37(16-20(3)33)27(39)14-24-25(13-22-7-6-8-23(21(22)4)29(30,31)32)38-17-26(34-18-28(38,5)35-24)36-9-11-40-12-10-36/h6-8,17-20,35H,9-16,33H2,1-5H3/t20-,28?/m1/s1. The van der Waals surface area contributed by atoms with Gasteiger partial charge in [0.2, 0.25) is 5.91 Å². The van der Waals surface area contributed by atoms with Crippen LogP contribution in [0.25, 0.3) is 0 Å². The molecule has 1 unspecified atom stereocenters. The minimum absolute atomic E-state index is 0.0768.